The Kier molecular flexibility index (Phi) is 4.64. The number of thiazole rings is 1. The number of imidazole rings is 1. The van der Waals surface area contributed by atoms with E-state index in [-0.39, 0.29) is 5.91 Å². The lowest BCUT2D eigenvalue weighted by molar-refractivity contribution is 0.0983. The Bertz CT molecular complexity index is 1090. The number of rotatable bonds is 5. The molecule has 1 amide bonds. The molecule has 6 heteroatoms. The molecule has 136 valence electrons. The average Bonchev–Trinajstić information content (AvgIpc) is 3.30. The van der Waals surface area contributed by atoms with Crippen molar-refractivity contribution < 1.29 is 9.53 Å². The smallest absolute Gasteiger partial charge is 0.276 e. The van der Waals surface area contributed by atoms with E-state index in [2.05, 4.69) is 4.98 Å². The van der Waals surface area contributed by atoms with E-state index in [0.29, 0.717) is 12.2 Å². The van der Waals surface area contributed by atoms with Gasteiger partial charge in [0, 0.05) is 29.4 Å². The number of amides is 1. The van der Waals surface area contributed by atoms with Crippen LogP contribution in [-0.2, 0) is 0 Å². The molecule has 0 saturated carbocycles. The highest BCUT2D eigenvalue weighted by Crippen LogP contribution is 2.27. The lowest BCUT2D eigenvalue weighted by Gasteiger charge is -2.20. The second kappa shape index (κ2) is 7.25. The predicted molar refractivity (Wildman–Crippen MR) is 109 cm³/mol. The van der Waals surface area contributed by atoms with Crippen molar-refractivity contribution in [2.75, 3.05) is 18.6 Å². The van der Waals surface area contributed by atoms with E-state index in [9.17, 15) is 4.79 Å². The number of anilines is 1. The average molecular weight is 377 g/mol. The molecule has 2 aromatic heterocycles. The number of hydrogen-bond acceptors (Lipinski definition) is 4. The zero-order chi connectivity index (χ0) is 18.8. The Hall–Kier alpha value is -3.12. The summed E-state index contributed by atoms with van der Waals surface area (Å²) >= 11 is 1.46. The molecule has 0 spiro atoms. The highest BCUT2D eigenvalue weighted by Gasteiger charge is 2.21. The van der Waals surface area contributed by atoms with E-state index in [1.54, 1.807) is 12.0 Å². The fraction of sp³-hybridized carbons (Fsp3) is 0.143. The Balaban J connectivity index is 1.72. The number of benzene rings is 2. The van der Waals surface area contributed by atoms with Crippen molar-refractivity contribution in [3.63, 3.8) is 0 Å². The normalized spacial score (nSPS) is 10.9. The summed E-state index contributed by atoms with van der Waals surface area (Å²) in [6, 6.07) is 17.5. The number of carbonyl (C=O) groups is 1. The second-order valence-corrected chi connectivity index (χ2v) is 6.85. The molecule has 0 aliphatic carbocycles. The Morgan fingerprint density at radius 2 is 2.00 bits per heavy atom. The molecular formula is C21H19N3O2S. The minimum Gasteiger partial charge on any atom is -0.497 e. The second-order valence-electron chi connectivity index (χ2n) is 6.02. The first kappa shape index (κ1) is 17.3. The van der Waals surface area contributed by atoms with E-state index in [1.165, 1.54) is 11.3 Å². The van der Waals surface area contributed by atoms with Gasteiger partial charge in [-0.2, -0.15) is 0 Å². The van der Waals surface area contributed by atoms with E-state index >= 15 is 0 Å². The number of nitrogens with zero attached hydrogens (tertiary/aromatic N) is 3. The number of fused-ring (bicyclic) bond motifs is 1. The number of para-hydroxylation sites is 1. The molecule has 27 heavy (non-hydrogen) atoms. The maximum absolute atomic E-state index is 13.2. The molecule has 5 nitrogen and oxygen atoms in total. The standard InChI is InChI=1S/C21H19N3O2S/c1-3-23(16-9-5-4-6-10-16)20(25)19-14-27-21-22-18(13-24(19)21)15-8-7-11-17(12-15)26-2/h4-14H,3H2,1-2H3. The monoisotopic (exact) mass is 377 g/mol. The van der Waals surface area contributed by atoms with Crippen LogP contribution < -0.4 is 9.64 Å². The first-order chi connectivity index (χ1) is 13.2. The van der Waals surface area contributed by atoms with Crippen LogP contribution in [-0.4, -0.2) is 28.9 Å². The molecule has 0 saturated heterocycles. The largest absolute Gasteiger partial charge is 0.497 e. The van der Waals surface area contributed by atoms with E-state index in [4.69, 9.17) is 4.74 Å². The molecule has 4 aromatic rings. The molecule has 0 aliphatic rings. The van der Waals surface area contributed by atoms with Crippen molar-refractivity contribution in [1.82, 2.24) is 9.38 Å². The molecule has 0 N–H and O–H groups in total. The van der Waals surface area contributed by atoms with Gasteiger partial charge in [0.2, 0.25) is 0 Å². The van der Waals surface area contributed by atoms with Crippen LogP contribution in [0.4, 0.5) is 5.69 Å². The van der Waals surface area contributed by atoms with Gasteiger partial charge in [0.05, 0.1) is 12.8 Å². The van der Waals surface area contributed by atoms with Crippen LogP contribution in [0.3, 0.4) is 0 Å². The Morgan fingerprint density at radius 3 is 2.74 bits per heavy atom. The van der Waals surface area contributed by atoms with E-state index in [0.717, 1.165) is 27.7 Å². The fourth-order valence-corrected chi connectivity index (χ4v) is 3.90. The molecule has 2 heterocycles. The summed E-state index contributed by atoms with van der Waals surface area (Å²) in [5.74, 6) is 0.742. The third kappa shape index (κ3) is 3.19. The highest BCUT2D eigenvalue weighted by atomic mass is 32.1. The van der Waals surface area contributed by atoms with Gasteiger partial charge in [0.25, 0.3) is 5.91 Å². The van der Waals surface area contributed by atoms with Crippen LogP contribution in [0.2, 0.25) is 0 Å². The van der Waals surface area contributed by atoms with Crippen molar-refractivity contribution in [1.29, 1.82) is 0 Å². The van der Waals surface area contributed by atoms with Gasteiger partial charge in [-0.05, 0) is 31.2 Å². The lowest BCUT2D eigenvalue weighted by atomic mass is 10.1. The summed E-state index contributed by atoms with van der Waals surface area (Å²) in [4.78, 5) is 20.4. The first-order valence-corrected chi connectivity index (χ1v) is 9.57. The summed E-state index contributed by atoms with van der Waals surface area (Å²) in [6.07, 6.45) is 1.91. The molecule has 0 aliphatic heterocycles. The lowest BCUT2D eigenvalue weighted by Crippen LogP contribution is -2.31. The molecule has 0 atom stereocenters. The van der Waals surface area contributed by atoms with Crippen LogP contribution in [0.5, 0.6) is 5.75 Å². The third-order valence-electron chi connectivity index (χ3n) is 4.42. The van der Waals surface area contributed by atoms with Gasteiger partial charge >= 0.3 is 0 Å². The number of carbonyl (C=O) groups excluding carboxylic acids is 1. The summed E-state index contributed by atoms with van der Waals surface area (Å²) < 4.78 is 7.16. The topological polar surface area (TPSA) is 46.8 Å². The zero-order valence-electron chi connectivity index (χ0n) is 15.1. The van der Waals surface area contributed by atoms with Crippen molar-refractivity contribution in [2.45, 2.75) is 6.92 Å². The molecule has 2 aromatic carbocycles. The van der Waals surface area contributed by atoms with Crippen LogP contribution in [0.15, 0.2) is 66.2 Å². The molecule has 0 radical (unpaired) electrons. The summed E-state index contributed by atoms with van der Waals surface area (Å²) in [5.41, 5.74) is 3.27. The number of methoxy groups -OCH3 is 1. The van der Waals surface area contributed by atoms with Gasteiger partial charge in [0.15, 0.2) is 4.96 Å². The Labute approximate surface area is 161 Å². The van der Waals surface area contributed by atoms with Crippen molar-refractivity contribution in [3.8, 4) is 17.0 Å². The van der Waals surface area contributed by atoms with Crippen LogP contribution in [0.1, 0.15) is 17.4 Å². The van der Waals surface area contributed by atoms with Gasteiger partial charge in [-0.1, -0.05) is 30.3 Å². The highest BCUT2D eigenvalue weighted by molar-refractivity contribution is 7.15. The van der Waals surface area contributed by atoms with Crippen LogP contribution in [0.25, 0.3) is 16.2 Å². The summed E-state index contributed by atoms with van der Waals surface area (Å²) in [6.45, 7) is 2.57. The third-order valence-corrected chi connectivity index (χ3v) is 5.26. The molecule has 4 rings (SSSR count). The zero-order valence-corrected chi connectivity index (χ0v) is 15.9. The molecular weight excluding hydrogens is 358 g/mol. The quantitative estimate of drug-likeness (QED) is 0.505. The summed E-state index contributed by atoms with van der Waals surface area (Å²) in [5, 5.41) is 1.87. The van der Waals surface area contributed by atoms with Crippen molar-refractivity contribution in [2.24, 2.45) is 0 Å². The maximum Gasteiger partial charge on any atom is 0.276 e. The van der Waals surface area contributed by atoms with Crippen LogP contribution in [0, 0.1) is 0 Å². The Morgan fingerprint density at radius 1 is 1.19 bits per heavy atom. The SMILES string of the molecule is CCN(C(=O)c1csc2nc(-c3cccc(OC)c3)cn12)c1ccccc1. The molecule has 0 fully saturated rings. The van der Waals surface area contributed by atoms with Gasteiger partial charge in [-0.25, -0.2) is 4.98 Å². The maximum atomic E-state index is 13.2. The predicted octanol–water partition coefficient (Wildman–Crippen LogP) is 4.74. The van der Waals surface area contributed by atoms with Gasteiger partial charge < -0.3 is 9.64 Å². The van der Waals surface area contributed by atoms with Gasteiger partial charge in [-0.3, -0.25) is 9.20 Å². The van der Waals surface area contributed by atoms with Crippen molar-refractivity contribution in [3.05, 3.63) is 71.9 Å². The number of ether oxygens (including phenoxy) is 1. The van der Waals surface area contributed by atoms with E-state index in [1.807, 2.05) is 77.5 Å². The minimum atomic E-state index is -0.0375. The first-order valence-electron chi connectivity index (χ1n) is 8.69. The number of aromatic nitrogens is 2. The summed E-state index contributed by atoms with van der Waals surface area (Å²) in [7, 11) is 1.64. The number of hydrogen-bond donors (Lipinski definition) is 0. The minimum absolute atomic E-state index is 0.0375. The van der Waals surface area contributed by atoms with E-state index < -0.39 is 0 Å². The molecule has 0 unspecified atom stereocenters. The van der Waals surface area contributed by atoms with Crippen molar-refractivity contribution >= 4 is 27.9 Å². The fourth-order valence-electron chi connectivity index (χ4n) is 3.05. The van der Waals surface area contributed by atoms with Crippen LogP contribution >= 0.6 is 11.3 Å². The van der Waals surface area contributed by atoms with Gasteiger partial charge in [-0.15, -0.1) is 11.3 Å². The molecule has 0 bridgehead atoms. The van der Waals surface area contributed by atoms with Gasteiger partial charge in [0.1, 0.15) is 11.4 Å².